The number of benzene rings is 1. The third-order valence-corrected chi connectivity index (χ3v) is 3.09. The Morgan fingerprint density at radius 3 is 2.76 bits per heavy atom. The number of nitrogens with one attached hydrogen (secondary N) is 1. The van der Waals surface area contributed by atoms with E-state index in [2.05, 4.69) is 5.43 Å². The number of rotatable bonds is 6. The fraction of sp³-hybridized carbons (Fsp3) is 0.500. The van der Waals surface area contributed by atoms with Gasteiger partial charge in [0, 0.05) is 18.2 Å². The van der Waals surface area contributed by atoms with Crippen molar-refractivity contribution in [3.8, 4) is 0 Å². The highest BCUT2D eigenvalue weighted by molar-refractivity contribution is 6.31. The van der Waals surface area contributed by atoms with E-state index in [9.17, 15) is 4.39 Å². The van der Waals surface area contributed by atoms with Gasteiger partial charge in [-0.1, -0.05) is 17.7 Å². The first kappa shape index (κ1) is 14.4. The summed E-state index contributed by atoms with van der Waals surface area (Å²) >= 11 is 5.96. The van der Waals surface area contributed by atoms with Crippen molar-refractivity contribution in [3.63, 3.8) is 0 Å². The smallest absolute Gasteiger partial charge is 0.124 e. The molecule has 17 heavy (non-hydrogen) atoms. The van der Waals surface area contributed by atoms with Crippen LogP contribution in [0.25, 0.3) is 0 Å². The quantitative estimate of drug-likeness (QED) is 0.609. The second kappa shape index (κ2) is 6.91. The highest BCUT2D eigenvalue weighted by Crippen LogP contribution is 2.19. The van der Waals surface area contributed by atoms with Gasteiger partial charge in [-0.25, -0.2) is 4.39 Å². The maximum atomic E-state index is 12.9. The zero-order valence-corrected chi connectivity index (χ0v) is 10.8. The van der Waals surface area contributed by atoms with E-state index in [1.54, 1.807) is 13.2 Å². The summed E-state index contributed by atoms with van der Waals surface area (Å²) in [5, 5.41) is 0.426. The van der Waals surface area contributed by atoms with Crippen LogP contribution in [-0.4, -0.2) is 19.3 Å². The Morgan fingerprint density at radius 1 is 1.53 bits per heavy atom. The lowest BCUT2D eigenvalue weighted by Crippen LogP contribution is -2.39. The summed E-state index contributed by atoms with van der Waals surface area (Å²) in [5.74, 6) is 5.15. The van der Waals surface area contributed by atoms with Gasteiger partial charge < -0.3 is 4.74 Å². The maximum absolute atomic E-state index is 12.9. The minimum absolute atomic E-state index is 0.0490. The molecule has 0 amide bonds. The maximum Gasteiger partial charge on any atom is 0.124 e. The SMILES string of the molecule is COC(C)CC(Cc1ccc(F)cc1Cl)NN. The van der Waals surface area contributed by atoms with Crippen molar-refractivity contribution in [3.05, 3.63) is 34.6 Å². The molecule has 1 aromatic rings. The molecule has 0 spiro atoms. The van der Waals surface area contributed by atoms with Crippen molar-refractivity contribution in [1.29, 1.82) is 0 Å². The Kier molecular flexibility index (Phi) is 5.85. The Morgan fingerprint density at radius 2 is 2.24 bits per heavy atom. The van der Waals surface area contributed by atoms with Crippen molar-refractivity contribution in [2.75, 3.05) is 7.11 Å². The van der Waals surface area contributed by atoms with E-state index in [1.165, 1.54) is 12.1 Å². The molecule has 0 aliphatic heterocycles. The van der Waals surface area contributed by atoms with E-state index in [-0.39, 0.29) is 18.0 Å². The average molecular weight is 261 g/mol. The lowest BCUT2D eigenvalue weighted by atomic mass is 10.0. The topological polar surface area (TPSA) is 47.3 Å². The Balaban J connectivity index is 2.67. The summed E-state index contributed by atoms with van der Waals surface area (Å²) in [6, 6.07) is 4.44. The molecule has 0 heterocycles. The molecule has 0 saturated heterocycles. The van der Waals surface area contributed by atoms with Crippen LogP contribution >= 0.6 is 11.6 Å². The van der Waals surface area contributed by atoms with Crippen molar-refractivity contribution < 1.29 is 9.13 Å². The fourth-order valence-corrected chi connectivity index (χ4v) is 1.90. The van der Waals surface area contributed by atoms with E-state index in [4.69, 9.17) is 22.2 Å². The largest absolute Gasteiger partial charge is 0.382 e. The molecule has 5 heteroatoms. The Hall–Kier alpha value is -0.680. The highest BCUT2D eigenvalue weighted by Gasteiger charge is 2.14. The van der Waals surface area contributed by atoms with Crippen molar-refractivity contribution in [2.24, 2.45) is 5.84 Å². The van der Waals surface area contributed by atoms with E-state index in [0.29, 0.717) is 11.4 Å². The van der Waals surface area contributed by atoms with Crippen LogP contribution in [0, 0.1) is 5.82 Å². The van der Waals surface area contributed by atoms with Crippen LogP contribution in [0.5, 0.6) is 0 Å². The molecule has 0 saturated carbocycles. The first-order chi connectivity index (χ1) is 8.06. The lowest BCUT2D eigenvalue weighted by Gasteiger charge is -2.20. The lowest BCUT2D eigenvalue weighted by molar-refractivity contribution is 0.100. The van der Waals surface area contributed by atoms with Crippen molar-refractivity contribution in [2.45, 2.75) is 31.9 Å². The van der Waals surface area contributed by atoms with Gasteiger partial charge in [-0.3, -0.25) is 11.3 Å². The van der Waals surface area contributed by atoms with Gasteiger partial charge in [-0.05, 0) is 37.5 Å². The minimum Gasteiger partial charge on any atom is -0.382 e. The van der Waals surface area contributed by atoms with E-state index >= 15 is 0 Å². The molecular weight excluding hydrogens is 243 g/mol. The van der Waals surface area contributed by atoms with Crippen LogP contribution in [0.15, 0.2) is 18.2 Å². The molecule has 0 bridgehead atoms. The molecule has 2 atom stereocenters. The van der Waals surface area contributed by atoms with Gasteiger partial charge in [0.15, 0.2) is 0 Å². The van der Waals surface area contributed by atoms with Crippen LogP contribution in [0.1, 0.15) is 18.9 Å². The van der Waals surface area contributed by atoms with Gasteiger partial charge in [-0.15, -0.1) is 0 Å². The molecule has 3 N–H and O–H groups in total. The van der Waals surface area contributed by atoms with Crippen LogP contribution in [0.3, 0.4) is 0 Å². The van der Waals surface area contributed by atoms with E-state index in [0.717, 1.165) is 12.0 Å². The summed E-state index contributed by atoms with van der Waals surface area (Å²) in [6.45, 7) is 1.97. The third-order valence-electron chi connectivity index (χ3n) is 2.74. The molecule has 1 aromatic carbocycles. The highest BCUT2D eigenvalue weighted by atomic mass is 35.5. The molecule has 0 aliphatic carbocycles. The number of ether oxygens (including phenoxy) is 1. The molecule has 0 aromatic heterocycles. The van der Waals surface area contributed by atoms with Crippen LogP contribution in [-0.2, 0) is 11.2 Å². The van der Waals surface area contributed by atoms with Crippen LogP contribution in [0.2, 0.25) is 5.02 Å². The van der Waals surface area contributed by atoms with E-state index in [1.807, 2.05) is 6.92 Å². The fourth-order valence-electron chi connectivity index (χ4n) is 1.66. The molecule has 1 rings (SSSR count). The zero-order valence-electron chi connectivity index (χ0n) is 10.0. The van der Waals surface area contributed by atoms with Crippen LogP contribution < -0.4 is 11.3 Å². The molecular formula is C12H18ClFN2O. The standard InChI is InChI=1S/C12H18ClFN2O/c1-8(17-2)5-11(16-15)6-9-3-4-10(14)7-12(9)13/h3-4,7-8,11,16H,5-6,15H2,1-2H3. The molecule has 0 radical (unpaired) electrons. The number of hydrazine groups is 1. The summed E-state index contributed by atoms with van der Waals surface area (Å²) < 4.78 is 18.1. The van der Waals surface area contributed by atoms with Gasteiger partial charge in [-0.2, -0.15) is 0 Å². The molecule has 0 aliphatic rings. The number of nitrogens with two attached hydrogens (primary N) is 1. The molecule has 96 valence electrons. The predicted molar refractivity (Wildman–Crippen MR) is 67.3 cm³/mol. The Labute approximate surface area is 106 Å². The zero-order chi connectivity index (χ0) is 12.8. The second-order valence-corrected chi connectivity index (χ2v) is 4.49. The van der Waals surface area contributed by atoms with Gasteiger partial charge >= 0.3 is 0 Å². The average Bonchev–Trinajstić information content (AvgIpc) is 2.31. The van der Waals surface area contributed by atoms with Gasteiger partial charge in [0.05, 0.1) is 6.10 Å². The monoisotopic (exact) mass is 260 g/mol. The second-order valence-electron chi connectivity index (χ2n) is 4.09. The molecule has 0 fully saturated rings. The summed E-state index contributed by atoms with van der Waals surface area (Å²) in [7, 11) is 1.66. The van der Waals surface area contributed by atoms with Crippen LogP contribution in [0.4, 0.5) is 4.39 Å². The summed E-state index contributed by atoms with van der Waals surface area (Å²) in [4.78, 5) is 0. The summed E-state index contributed by atoms with van der Waals surface area (Å²) in [5.41, 5.74) is 3.60. The van der Waals surface area contributed by atoms with Gasteiger partial charge in [0.25, 0.3) is 0 Å². The van der Waals surface area contributed by atoms with Crippen molar-refractivity contribution >= 4 is 11.6 Å². The van der Waals surface area contributed by atoms with Crippen molar-refractivity contribution in [1.82, 2.24) is 5.43 Å². The summed E-state index contributed by atoms with van der Waals surface area (Å²) in [6.07, 6.45) is 1.51. The Bertz CT molecular complexity index is 362. The first-order valence-electron chi connectivity index (χ1n) is 5.49. The predicted octanol–water partition coefficient (Wildman–Crippen LogP) is 2.28. The number of halogens is 2. The van der Waals surface area contributed by atoms with Gasteiger partial charge in [0.1, 0.15) is 5.82 Å². The molecule has 2 unspecified atom stereocenters. The normalized spacial score (nSPS) is 14.6. The number of methoxy groups -OCH3 is 1. The number of hydrogen-bond acceptors (Lipinski definition) is 3. The minimum atomic E-state index is -0.332. The third kappa shape index (κ3) is 4.60. The number of hydrogen-bond donors (Lipinski definition) is 2. The van der Waals surface area contributed by atoms with Gasteiger partial charge in [0.2, 0.25) is 0 Å². The first-order valence-corrected chi connectivity index (χ1v) is 5.87. The molecule has 3 nitrogen and oxygen atoms in total. The van der Waals surface area contributed by atoms with E-state index < -0.39 is 0 Å².